The molecule has 0 aliphatic heterocycles. The van der Waals surface area contributed by atoms with Crippen molar-refractivity contribution < 1.29 is 14.3 Å². The lowest BCUT2D eigenvalue weighted by Crippen LogP contribution is -2.12. The summed E-state index contributed by atoms with van der Waals surface area (Å²) in [4.78, 5) is 24.0. The summed E-state index contributed by atoms with van der Waals surface area (Å²) in [6.07, 6.45) is 0. The van der Waals surface area contributed by atoms with Crippen LogP contribution in [0.2, 0.25) is 0 Å². The Hall–Kier alpha value is -2.82. The van der Waals surface area contributed by atoms with Gasteiger partial charge in [0.2, 0.25) is 0 Å². The molecule has 5 nitrogen and oxygen atoms in total. The van der Waals surface area contributed by atoms with Crippen molar-refractivity contribution in [1.82, 2.24) is 4.57 Å². The van der Waals surface area contributed by atoms with E-state index < -0.39 is 0 Å². The standard InChI is InChI=1S/C18H17NO4/c1-11(20)23-10-14-16(22-3)9-8-13-17(14)19(2)15-7-5-4-6-12(15)18(13)21/h4-9H,10H2,1-3H3. The number of hydrogen-bond acceptors (Lipinski definition) is 4. The zero-order chi connectivity index (χ0) is 16.6. The Balaban J connectivity index is 2.43. The van der Waals surface area contributed by atoms with E-state index in [-0.39, 0.29) is 18.0 Å². The lowest BCUT2D eigenvalue weighted by molar-refractivity contribution is -0.142. The van der Waals surface area contributed by atoms with Gasteiger partial charge in [-0.1, -0.05) is 12.1 Å². The van der Waals surface area contributed by atoms with Gasteiger partial charge in [0, 0.05) is 24.7 Å². The van der Waals surface area contributed by atoms with E-state index in [1.807, 2.05) is 35.9 Å². The molecule has 1 aromatic heterocycles. The summed E-state index contributed by atoms with van der Waals surface area (Å²) in [5.74, 6) is 0.207. The van der Waals surface area contributed by atoms with Crippen molar-refractivity contribution in [3.05, 3.63) is 52.2 Å². The van der Waals surface area contributed by atoms with E-state index in [1.54, 1.807) is 19.2 Å². The molecule has 2 aromatic carbocycles. The third-order valence-electron chi connectivity index (χ3n) is 3.97. The highest BCUT2D eigenvalue weighted by Crippen LogP contribution is 2.29. The van der Waals surface area contributed by atoms with Crippen LogP contribution in [0.15, 0.2) is 41.2 Å². The molecule has 0 bridgehead atoms. The van der Waals surface area contributed by atoms with Gasteiger partial charge in [-0.2, -0.15) is 0 Å². The minimum atomic E-state index is -0.380. The maximum atomic E-state index is 12.8. The quantitative estimate of drug-likeness (QED) is 0.551. The molecule has 0 unspecified atom stereocenters. The van der Waals surface area contributed by atoms with Crippen LogP contribution in [0.3, 0.4) is 0 Å². The van der Waals surface area contributed by atoms with E-state index in [2.05, 4.69) is 0 Å². The van der Waals surface area contributed by atoms with Gasteiger partial charge in [-0.3, -0.25) is 9.59 Å². The molecule has 0 saturated carbocycles. The van der Waals surface area contributed by atoms with E-state index in [0.29, 0.717) is 27.6 Å². The summed E-state index contributed by atoms with van der Waals surface area (Å²) in [6, 6.07) is 10.9. The maximum Gasteiger partial charge on any atom is 0.302 e. The van der Waals surface area contributed by atoms with Crippen molar-refractivity contribution in [3.8, 4) is 5.75 Å². The first-order valence-corrected chi connectivity index (χ1v) is 7.25. The SMILES string of the molecule is COc1ccc2c(=O)c3ccccc3n(C)c2c1COC(C)=O. The molecule has 0 aliphatic carbocycles. The lowest BCUT2D eigenvalue weighted by atomic mass is 10.0. The number of esters is 1. The molecule has 0 atom stereocenters. The van der Waals surface area contributed by atoms with Crippen molar-refractivity contribution in [1.29, 1.82) is 0 Å². The molecule has 3 rings (SSSR count). The van der Waals surface area contributed by atoms with Gasteiger partial charge in [-0.15, -0.1) is 0 Å². The highest BCUT2D eigenvalue weighted by Gasteiger charge is 2.16. The van der Waals surface area contributed by atoms with Gasteiger partial charge >= 0.3 is 5.97 Å². The number of ether oxygens (including phenoxy) is 2. The topological polar surface area (TPSA) is 57.5 Å². The van der Waals surface area contributed by atoms with Gasteiger partial charge in [-0.05, 0) is 24.3 Å². The van der Waals surface area contributed by atoms with Gasteiger partial charge in [0.1, 0.15) is 12.4 Å². The zero-order valence-electron chi connectivity index (χ0n) is 13.3. The van der Waals surface area contributed by atoms with Crippen LogP contribution in [0.1, 0.15) is 12.5 Å². The van der Waals surface area contributed by atoms with E-state index in [1.165, 1.54) is 6.92 Å². The summed E-state index contributed by atoms with van der Waals surface area (Å²) >= 11 is 0. The molecular formula is C18H17NO4. The molecule has 0 saturated heterocycles. The number of rotatable bonds is 3. The summed E-state index contributed by atoms with van der Waals surface area (Å²) in [5.41, 5.74) is 2.18. The average Bonchev–Trinajstić information content (AvgIpc) is 2.56. The molecule has 3 aromatic rings. The number of carbonyl (C=O) groups is 1. The minimum absolute atomic E-state index is 0.0413. The zero-order valence-corrected chi connectivity index (χ0v) is 13.3. The van der Waals surface area contributed by atoms with Crippen molar-refractivity contribution in [2.24, 2.45) is 7.05 Å². The predicted molar refractivity (Wildman–Crippen MR) is 88.7 cm³/mol. The number of para-hydroxylation sites is 1. The van der Waals surface area contributed by atoms with Crippen LogP contribution in [0.25, 0.3) is 21.8 Å². The second-order valence-corrected chi connectivity index (χ2v) is 5.33. The number of methoxy groups -OCH3 is 1. The predicted octanol–water partition coefficient (Wildman–Crippen LogP) is 2.76. The van der Waals surface area contributed by atoms with Crippen LogP contribution < -0.4 is 10.2 Å². The number of pyridine rings is 1. The van der Waals surface area contributed by atoms with E-state index >= 15 is 0 Å². The van der Waals surface area contributed by atoms with Gasteiger partial charge in [0.25, 0.3) is 0 Å². The normalized spacial score (nSPS) is 10.9. The fourth-order valence-corrected chi connectivity index (χ4v) is 2.91. The summed E-state index contributed by atoms with van der Waals surface area (Å²) in [5, 5.41) is 1.24. The molecule has 0 spiro atoms. The highest BCUT2D eigenvalue weighted by molar-refractivity contribution is 5.95. The Labute approximate surface area is 133 Å². The fraction of sp³-hybridized carbons (Fsp3) is 0.222. The van der Waals surface area contributed by atoms with Crippen LogP contribution in [0.4, 0.5) is 0 Å². The Morgan fingerprint density at radius 3 is 2.57 bits per heavy atom. The van der Waals surface area contributed by atoms with Crippen molar-refractivity contribution >= 4 is 27.8 Å². The molecule has 118 valence electrons. The van der Waals surface area contributed by atoms with Crippen LogP contribution in [-0.2, 0) is 23.2 Å². The lowest BCUT2D eigenvalue weighted by Gasteiger charge is -2.16. The van der Waals surface area contributed by atoms with Gasteiger partial charge in [0.15, 0.2) is 5.43 Å². The molecular weight excluding hydrogens is 294 g/mol. The third kappa shape index (κ3) is 2.44. The molecule has 5 heteroatoms. The molecule has 23 heavy (non-hydrogen) atoms. The van der Waals surface area contributed by atoms with Crippen molar-refractivity contribution in [3.63, 3.8) is 0 Å². The van der Waals surface area contributed by atoms with Crippen LogP contribution in [-0.4, -0.2) is 17.6 Å². The molecule has 1 heterocycles. The largest absolute Gasteiger partial charge is 0.496 e. The first-order chi connectivity index (χ1) is 11.0. The van der Waals surface area contributed by atoms with E-state index in [0.717, 1.165) is 5.52 Å². The van der Waals surface area contributed by atoms with Crippen LogP contribution >= 0.6 is 0 Å². The second kappa shape index (κ2) is 5.76. The Morgan fingerprint density at radius 2 is 1.87 bits per heavy atom. The van der Waals surface area contributed by atoms with Gasteiger partial charge in [-0.25, -0.2) is 0 Å². The Kier molecular flexibility index (Phi) is 3.78. The Morgan fingerprint density at radius 1 is 1.13 bits per heavy atom. The third-order valence-corrected chi connectivity index (χ3v) is 3.97. The Bertz CT molecular complexity index is 972. The molecule has 0 aliphatic rings. The minimum Gasteiger partial charge on any atom is -0.496 e. The smallest absolute Gasteiger partial charge is 0.302 e. The van der Waals surface area contributed by atoms with E-state index in [4.69, 9.17) is 9.47 Å². The van der Waals surface area contributed by atoms with Crippen molar-refractivity contribution in [2.75, 3.05) is 7.11 Å². The van der Waals surface area contributed by atoms with Crippen LogP contribution in [0, 0.1) is 0 Å². The van der Waals surface area contributed by atoms with Crippen molar-refractivity contribution in [2.45, 2.75) is 13.5 Å². The molecule has 0 N–H and O–H groups in total. The maximum absolute atomic E-state index is 12.8. The summed E-state index contributed by atoms with van der Waals surface area (Å²) in [7, 11) is 3.44. The molecule has 0 radical (unpaired) electrons. The average molecular weight is 311 g/mol. The number of nitrogens with zero attached hydrogens (tertiary/aromatic N) is 1. The monoisotopic (exact) mass is 311 g/mol. The number of benzene rings is 2. The first-order valence-electron chi connectivity index (χ1n) is 7.25. The number of carbonyl (C=O) groups excluding carboxylic acids is 1. The molecule has 0 amide bonds. The van der Waals surface area contributed by atoms with Gasteiger partial charge < -0.3 is 14.0 Å². The van der Waals surface area contributed by atoms with Gasteiger partial charge in [0.05, 0.1) is 23.7 Å². The number of aromatic nitrogens is 1. The summed E-state index contributed by atoms with van der Waals surface area (Å²) < 4.78 is 12.5. The molecule has 0 fully saturated rings. The highest BCUT2D eigenvalue weighted by atomic mass is 16.5. The number of fused-ring (bicyclic) bond motifs is 2. The second-order valence-electron chi connectivity index (χ2n) is 5.33. The number of aryl methyl sites for hydroxylation is 1. The fourth-order valence-electron chi connectivity index (χ4n) is 2.91. The van der Waals surface area contributed by atoms with E-state index in [9.17, 15) is 9.59 Å². The van der Waals surface area contributed by atoms with Crippen LogP contribution in [0.5, 0.6) is 5.75 Å². The first kappa shape index (κ1) is 15.1. The summed E-state index contributed by atoms with van der Waals surface area (Å²) in [6.45, 7) is 1.41. The number of hydrogen-bond donors (Lipinski definition) is 0.